The molecule has 0 saturated carbocycles. The first-order valence-electron chi connectivity index (χ1n) is 5.07. The maximum atomic E-state index is 11.1. The number of fused-ring (bicyclic) bond motifs is 1. The lowest BCUT2D eigenvalue weighted by Crippen LogP contribution is -1.86. The number of aromatic nitrogens is 2. The zero-order valence-corrected chi connectivity index (χ0v) is 9.01. The van der Waals surface area contributed by atoms with Crippen LogP contribution < -0.4 is 0 Å². The van der Waals surface area contributed by atoms with E-state index in [0.29, 0.717) is 22.9 Å². The van der Waals surface area contributed by atoms with Crippen molar-refractivity contribution < 1.29 is 13.6 Å². The van der Waals surface area contributed by atoms with Crippen LogP contribution in [0.15, 0.2) is 39.3 Å². The third-order valence-corrected chi connectivity index (χ3v) is 2.33. The Morgan fingerprint density at radius 2 is 2.12 bits per heavy atom. The number of hydrogen-bond acceptors (Lipinski definition) is 5. The van der Waals surface area contributed by atoms with Crippen LogP contribution in [0, 0.1) is 0 Å². The van der Waals surface area contributed by atoms with Crippen molar-refractivity contribution in [1.82, 2.24) is 9.97 Å². The molecule has 0 radical (unpaired) electrons. The van der Waals surface area contributed by atoms with Gasteiger partial charge in [-0.15, -0.1) is 0 Å². The molecule has 0 amide bonds. The molecule has 5 heteroatoms. The molecular weight excluding hydrogens is 220 g/mol. The van der Waals surface area contributed by atoms with Crippen molar-refractivity contribution in [3.05, 3.63) is 36.2 Å². The summed E-state index contributed by atoms with van der Waals surface area (Å²) in [4.78, 5) is 19.3. The van der Waals surface area contributed by atoms with Gasteiger partial charge in [-0.05, 0) is 24.3 Å². The first kappa shape index (κ1) is 9.77. The second-order valence-electron chi connectivity index (χ2n) is 3.56. The van der Waals surface area contributed by atoms with E-state index in [4.69, 9.17) is 8.83 Å². The highest BCUT2D eigenvalue weighted by Crippen LogP contribution is 2.24. The molecule has 0 aliphatic rings. The van der Waals surface area contributed by atoms with Crippen molar-refractivity contribution in [2.24, 2.45) is 0 Å². The van der Waals surface area contributed by atoms with Gasteiger partial charge in [0.1, 0.15) is 0 Å². The SMILES string of the molecule is CC(=O)c1ccc(-c2nc3ncccc3o2)o1. The number of hydrogen-bond donors (Lipinski definition) is 0. The molecule has 5 nitrogen and oxygen atoms in total. The average Bonchev–Trinajstić information content (AvgIpc) is 2.95. The Morgan fingerprint density at radius 3 is 2.82 bits per heavy atom. The monoisotopic (exact) mass is 228 g/mol. The first-order valence-corrected chi connectivity index (χ1v) is 5.07. The lowest BCUT2D eigenvalue weighted by Gasteiger charge is -1.87. The summed E-state index contributed by atoms with van der Waals surface area (Å²) in [6.07, 6.45) is 1.64. The van der Waals surface area contributed by atoms with Gasteiger partial charge >= 0.3 is 0 Å². The summed E-state index contributed by atoms with van der Waals surface area (Å²) >= 11 is 0. The van der Waals surface area contributed by atoms with Crippen LogP contribution in [0.3, 0.4) is 0 Å². The summed E-state index contributed by atoms with van der Waals surface area (Å²) in [5.74, 6) is 0.903. The fraction of sp³-hybridized carbons (Fsp3) is 0.0833. The summed E-state index contributed by atoms with van der Waals surface area (Å²) in [6.45, 7) is 1.44. The van der Waals surface area contributed by atoms with Gasteiger partial charge in [0.25, 0.3) is 5.89 Å². The zero-order valence-electron chi connectivity index (χ0n) is 9.01. The first-order chi connectivity index (χ1) is 8.24. The fourth-order valence-corrected chi connectivity index (χ4v) is 1.52. The molecule has 0 aliphatic carbocycles. The molecular formula is C12H8N2O3. The highest BCUT2D eigenvalue weighted by Gasteiger charge is 2.14. The quantitative estimate of drug-likeness (QED) is 0.630. The highest BCUT2D eigenvalue weighted by molar-refractivity contribution is 5.91. The van der Waals surface area contributed by atoms with E-state index in [2.05, 4.69) is 9.97 Å². The minimum absolute atomic E-state index is 0.134. The van der Waals surface area contributed by atoms with Crippen molar-refractivity contribution in [3.8, 4) is 11.7 Å². The number of oxazole rings is 1. The van der Waals surface area contributed by atoms with E-state index in [1.165, 1.54) is 6.92 Å². The van der Waals surface area contributed by atoms with Crippen LogP contribution in [0.25, 0.3) is 22.9 Å². The Balaban J connectivity index is 2.10. The molecule has 84 valence electrons. The minimum Gasteiger partial charge on any atom is -0.448 e. The lowest BCUT2D eigenvalue weighted by molar-refractivity contribution is 0.0988. The standard InChI is InChI=1S/C12H8N2O3/c1-7(15)8-4-5-10(16-8)12-14-11-9(17-12)3-2-6-13-11/h2-6H,1H3. The van der Waals surface area contributed by atoms with Gasteiger partial charge in [-0.2, -0.15) is 4.98 Å². The van der Waals surface area contributed by atoms with Gasteiger partial charge in [0.15, 0.2) is 28.5 Å². The van der Waals surface area contributed by atoms with E-state index < -0.39 is 0 Å². The van der Waals surface area contributed by atoms with Gasteiger partial charge in [0, 0.05) is 13.1 Å². The number of pyridine rings is 1. The highest BCUT2D eigenvalue weighted by atomic mass is 16.4. The Bertz CT molecular complexity index is 663. The summed E-state index contributed by atoms with van der Waals surface area (Å²) in [7, 11) is 0. The fourth-order valence-electron chi connectivity index (χ4n) is 1.52. The summed E-state index contributed by atoms with van der Waals surface area (Å²) in [5, 5.41) is 0. The van der Waals surface area contributed by atoms with Crippen LogP contribution in [0.1, 0.15) is 17.5 Å². The number of ketones is 1. The average molecular weight is 228 g/mol. The van der Waals surface area contributed by atoms with Gasteiger partial charge in [0.05, 0.1) is 0 Å². The third-order valence-electron chi connectivity index (χ3n) is 2.33. The number of carbonyl (C=O) groups excluding carboxylic acids is 1. The normalized spacial score (nSPS) is 10.9. The summed E-state index contributed by atoms with van der Waals surface area (Å²) in [5.41, 5.74) is 1.10. The van der Waals surface area contributed by atoms with Crippen molar-refractivity contribution in [3.63, 3.8) is 0 Å². The van der Waals surface area contributed by atoms with E-state index in [9.17, 15) is 4.79 Å². The number of furan rings is 1. The maximum Gasteiger partial charge on any atom is 0.265 e. The van der Waals surface area contributed by atoms with Gasteiger partial charge in [-0.25, -0.2) is 4.98 Å². The maximum absolute atomic E-state index is 11.1. The number of rotatable bonds is 2. The molecule has 0 fully saturated rings. The van der Waals surface area contributed by atoms with Crippen LogP contribution in [-0.2, 0) is 0 Å². The third kappa shape index (κ3) is 1.61. The number of nitrogens with zero attached hydrogens (tertiary/aromatic N) is 2. The molecule has 0 atom stereocenters. The smallest absolute Gasteiger partial charge is 0.265 e. The van der Waals surface area contributed by atoms with E-state index in [-0.39, 0.29) is 11.5 Å². The molecule has 3 aromatic heterocycles. The topological polar surface area (TPSA) is 69.1 Å². The molecule has 0 aromatic carbocycles. The minimum atomic E-state index is -0.134. The molecule has 3 aromatic rings. The van der Waals surface area contributed by atoms with E-state index in [1.54, 1.807) is 30.5 Å². The number of Topliss-reactive ketones (excluding diaryl/α,β-unsaturated/α-hetero) is 1. The molecule has 0 aliphatic heterocycles. The number of carbonyl (C=O) groups is 1. The van der Waals surface area contributed by atoms with Gasteiger partial charge < -0.3 is 8.83 Å². The summed E-state index contributed by atoms with van der Waals surface area (Å²) < 4.78 is 10.8. The van der Waals surface area contributed by atoms with Gasteiger partial charge in [-0.1, -0.05) is 0 Å². The van der Waals surface area contributed by atoms with E-state index in [0.717, 1.165) is 0 Å². The molecule has 17 heavy (non-hydrogen) atoms. The Kier molecular flexibility index (Phi) is 2.04. The lowest BCUT2D eigenvalue weighted by atomic mass is 10.3. The summed E-state index contributed by atoms with van der Waals surface area (Å²) in [6, 6.07) is 6.79. The predicted octanol–water partition coefficient (Wildman–Crippen LogP) is 2.69. The van der Waals surface area contributed by atoms with Crippen LogP contribution in [0.4, 0.5) is 0 Å². The zero-order chi connectivity index (χ0) is 11.8. The van der Waals surface area contributed by atoms with E-state index >= 15 is 0 Å². The molecule has 3 rings (SSSR count). The van der Waals surface area contributed by atoms with Gasteiger partial charge in [-0.3, -0.25) is 4.79 Å². The van der Waals surface area contributed by atoms with Crippen LogP contribution >= 0.6 is 0 Å². The van der Waals surface area contributed by atoms with Crippen molar-refractivity contribution in [1.29, 1.82) is 0 Å². The molecule has 0 saturated heterocycles. The molecule has 0 unspecified atom stereocenters. The Hall–Kier alpha value is -2.43. The Labute approximate surface area is 96.1 Å². The van der Waals surface area contributed by atoms with Crippen molar-refractivity contribution in [2.75, 3.05) is 0 Å². The van der Waals surface area contributed by atoms with Crippen LogP contribution in [-0.4, -0.2) is 15.8 Å². The molecule has 3 heterocycles. The van der Waals surface area contributed by atoms with Crippen LogP contribution in [0.5, 0.6) is 0 Å². The van der Waals surface area contributed by atoms with Crippen LogP contribution in [0.2, 0.25) is 0 Å². The second kappa shape index (κ2) is 3.55. The van der Waals surface area contributed by atoms with Gasteiger partial charge in [0.2, 0.25) is 0 Å². The predicted molar refractivity (Wildman–Crippen MR) is 59.5 cm³/mol. The second-order valence-corrected chi connectivity index (χ2v) is 3.56. The van der Waals surface area contributed by atoms with E-state index in [1.807, 2.05) is 0 Å². The Morgan fingerprint density at radius 1 is 1.24 bits per heavy atom. The largest absolute Gasteiger partial charge is 0.448 e. The molecule has 0 N–H and O–H groups in total. The molecule has 0 bridgehead atoms. The van der Waals surface area contributed by atoms with Crippen molar-refractivity contribution in [2.45, 2.75) is 6.92 Å². The van der Waals surface area contributed by atoms with Crippen molar-refractivity contribution >= 4 is 17.0 Å². The molecule has 0 spiro atoms.